The highest BCUT2D eigenvalue weighted by Gasteiger charge is 2.42. The average Bonchev–Trinajstić information content (AvgIpc) is 2.56. The number of hydrogen-bond donors (Lipinski definition) is 1. The highest BCUT2D eigenvalue weighted by molar-refractivity contribution is 7.88. The zero-order valence-electron chi connectivity index (χ0n) is 8.39. The van der Waals surface area contributed by atoms with Crippen LogP contribution in [0.4, 0.5) is 0 Å². The van der Waals surface area contributed by atoms with Crippen LogP contribution < -0.4 is 0 Å². The van der Waals surface area contributed by atoms with Crippen molar-refractivity contribution in [3.8, 4) is 0 Å². The highest BCUT2D eigenvalue weighted by Crippen LogP contribution is 2.41. The van der Waals surface area contributed by atoms with Crippen molar-refractivity contribution in [2.45, 2.75) is 12.8 Å². The van der Waals surface area contributed by atoms with E-state index in [0.29, 0.717) is 30.8 Å². The van der Waals surface area contributed by atoms with Crippen molar-refractivity contribution in [3.05, 3.63) is 0 Å². The van der Waals surface area contributed by atoms with Gasteiger partial charge in [0.05, 0.1) is 6.26 Å². The Morgan fingerprint density at radius 1 is 1.29 bits per heavy atom. The summed E-state index contributed by atoms with van der Waals surface area (Å²) in [7, 11) is -3.00. The first kappa shape index (κ1) is 10.4. The SMILES string of the molecule is CS(=O)(=O)N1CC2CC(CO)CC2C1. The van der Waals surface area contributed by atoms with Crippen LogP contribution in [0, 0.1) is 17.8 Å². The fraction of sp³-hybridized carbons (Fsp3) is 1.00. The summed E-state index contributed by atoms with van der Waals surface area (Å²) in [6.45, 7) is 1.59. The Balaban J connectivity index is 2.00. The van der Waals surface area contributed by atoms with E-state index >= 15 is 0 Å². The molecule has 5 heteroatoms. The Kier molecular flexibility index (Phi) is 2.57. The smallest absolute Gasteiger partial charge is 0.211 e. The fourth-order valence-corrected chi connectivity index (χ4v) is 3.73. The van der Waals surface area contributed by atoms with Gasteiger partial charge >= 0.3 is 0 Å². The number of aliphatic hydroxyl groups excluding tert-OH is 1. The first-order chi connectivity index (χ1) is 6.50. The predicted molar refractivity (Wildman–Crippen MR) is 53.2 cm³/mol. The summed E-state index contributed by atoms with van der Waals surface area (Å²) in [4.78, 5) is 0. The van der Waals surface area contributed by atoms with Crippen molar-refractivity contribution in [3.63, 3.8) is 0 Å². The lowest BCUT2D eigenvalue weighted by Crippen LogP contribution is -2.28. The third-order valence-electron chi connectivity index (χ3n) is 3.54. The maximum absolute atomic E-state index is 11.3. The predicted octanol–water partition coefficient (Wildman–Crippen LogP) is -0.104. The molecular weight excluding hydrogens is 202 g/mol. The van der Waals surface area contributed by atoms with Crippen LogP contribution in [0.3, 0.4) is 0 Å². The van der Waals surface area contributed by atoms with Crippen LogP contribution in [0.1, 0.15) is 12.8 Å². The Bertz CT molecular complexity index is 300. The molecule has 1 heterocycles. The molecule has 2 atom stereocenters. The van der Waals surface area contributed by atoms with E-state index < -0.39 is 10.0 Å². The third-order valence-corrected chi connectivity index (χ3v) is 4.78. The van der Waals surface area contributed by atoms with Crippen LogP contribution in [0.15, 0.2) is 0 Å². The van der Waals surface area contributed by atoms with Crippen LogP contribution in [0.2, 0.25) is 0 Å². The van der Waals surface area contributed by atoms with Gasteiger partial charge in [-0.2, -0.15) is 0 Å². The van der Waals surface area contributed by atoms with Gasteiger partial charge in [-0.25, -0.2) is 12.7 Å². The zero-order chi connectivity index (χ0) is 10.3. The topological polar surface area (TPSA) is 57.6 Å². The van der Waals surface area contributed by atoms with Gasteiger partial charge in [-0.05, 0) is 30.6 Å². The van der Waals surface area contributed by atoms with Gasteiger partial charge in [0.15, 0.2) is 0 Å². The first-order valence-corrected chi connectivity index (χ1v) is 6.91. The van der Waals surface area contributed by atoms with Crippen molar-refractivity contribution in [2.75, 3.05) is 26.0 Å². The molecule has 0 aromatic heterocycles. The summed E-state index contributed by atoms with van der Waals surface area (Å²) >= 11 is 0. The number of hydrogen-bond acceptors (Lipinski definition) is 3. The van der Waals surface area contributed by atoms with Crippen molar-refractivity contribution in [1.29, 1.82) is 0 Å². The zero-order valence-corrected chi connectivity index (χ0v) is 9.20. The Labute approximate surface area is 85.0 Å². The lowest BCUT2D eigenvalue weighted by Gasteiger charge is -2.15. The lowest BCUT2D eigenvalue weighted by molar-refractivity contribution is 0.220. The molecule has 2 aliphatic rings. The normalized spacial score (nSPS) is 38.9. The molecule has 1 N–H and O–H groups in total. The van der Waals surface area contributed by atoms with E-state index in [1.54, 1.807) is 4.31 Å². The first-order valence-electron chi connectivity index (χ1n) is 5.06. The van der Waals surface area contributed by atoms with Crippen LogP contribution in [-0.4, -0.2) is 43.8 Å². The van der Waals surface area contributed by atoms with Crippen molar-refractivity contribution < 1.29 is 13.5 Å². The second-order valence-corrected chi connectivity index (χ2v) is 6.60. The molecule has 0 bridgehead atoms. The van der Waals surface area contributed by atoms with Crippen LogP contribution in [0.25, 0.3) is 0 Å². The van der Waals surface area contributed by atoms with Crippen LogP contribution in [0.5, 0.6) is 0 Å². The molecule has 0 spiro atoms. The quantitative estimate of drug-likeness (QED) is 0.705. The van der Waals surface area contributed by atoms with E-state index in [1.165, 1.54) is 6.26 Å². The fourth-order valence-electron chi connectivity index (χ4n) is 2.80. The Hall–Kier alpha value is -0.130. The van der Waals surface area contributed by atoms with Crippen molar-refractivity contribution in [2.24, 2.45) is 17.8 Å². The molecule has 2 unspecified atom stereocenters. The molecule has 2 rings (SSSR count). The van der Waals surface area contributed by atoms with Crippen LogP contribution >= 0.6 is 0 Å². The maximum atomic E-state index is 11.3. The average molecular weight is 219 g/mol. The van der Waals surface area contributed by atoms with E-state index in [1.807, 2.05) is 0 Å². The molecule has 1 saturated carbocycles. The number of rotatable bonds is 2. The second-order valence-electron chi connectivity index (χ2n) is 4.62. The molecule has 1 aliphatic carbocycles. The molecule has 4 nitrogen and oxygen atoms in total. The highest BCUT2D eigenvalue weighted by atomic mass is 32.2. The van der Waals surface area contributed by atoms with Gasteiger partial charge in [-0.1, -0.05) is 0 Å². The van der Waals surface area contributed by atoms with Gasteiger partial charge in [0.25, 0.3) is 0 Å². The third kappa shape index (κ3) is 1.81. The molecule has 2 fully saturated rings. The summed E-state index contributed by atoms with van der Waals surface area (Å²) < 4.78 is 24.2. The summed E-state index contributed by atoms with van der Waals surface area (Å²) in [5, 5.41) is 9.02. The Morgan fingerprint density at radius 2 is 1.79 bits per heavy atom. The summed E-state index contributed by atoms with van der Waals surface area (Å²) in [6, 6.07) is 0. The molecule has 0 radical (unpaired) electrons. The van der Waals surface area contributed by atoms with E-state index in [2.05, 4.69) is 0 Å². The standard InChI is InChI=1S/C9H17NO3S/c1-14(12,13)10-4-8-2-7(6-11)3-9(8)5-10/h7-9,11H,2-6H2,1H3. The largest absolute Gasteiger partial charge is 0.396 e. The van der Waals surface area contributed by atoms with Gasteiger partial charge in [0, 0.05) is 19.7 Å². The van der Waals surface area contributed by atoms with Gasteiger partial charge < -0.3 is 5.11 Å². The number of sulfonamides is 1. The van der Waals surface area contributed by atoms with E-state index in [-0.39, 0.29) is 6.61 Å². The van der Waals surface area contributed by atoms with E-state index in [9.17, 15) is 8.42 Å². The summed E-state index contributed by atoms with van der Waals surface area (Å²) in [5.74, 6) is 1.38. The molecular formula is C9H17NO3S. The molecule has 0 amide bonds. The molecule has 1 aliphatic heterocycles. The Morgan fingerprint density at radius 3 is 2.14 bits per heavy atom. The molecule has 0 aromatic rings. The van der Waals surface area contributed by atoms with E-state index in [4.69, 9.17) is 5.11 Å². The summed E-state index contributed by atoms with van der Waals surface area (Å²) in [5.41, 5.74) is 0. The number of aliphatic hydroxyl groups is 1. The van der Waals surface area contributed by atoms with Gasteiger partial charge in [-0.15, -0.1) is 0 Å². The minimum Gasteiger partial charge on any atom is -0.396 e. The molecule has 0 aromatic carbocycles. The minimum atomic E-state index is -3.00. The number of nitrogens with zero attached hydrogens (tertiary/aromatic N) is 1. The summed E-state index contributed by atoms with van der Waals surface area (Å²) in [6.07, 6.45) is 3.26. The molecule has 1 saturated heterocycles. The maximum Gasteiger partial charge on any atom is 0.211 e. The van der Waals surface area contributed by atoms with Crippen molar-refractivity contribution in [1.82, 2.24) is 4.31 Å². The second kappa shape index (κ2) is 3.47. The van der Waals surface area contributed by atoms with Gasteiger partial charge in [0.1, 0.15) is 0 Å². The van der Waals surface area contributed by atoms with Crippen molar-refractivity contribution >= 4 is 10.0 Å². The van der Waals surface area contributed by atoms with E-state index in [0.717, 1.165) is 12.8 Å². The van der Waals surface area contributed by atoms with Gasteiger partial charge in [0.2, 0.25) is 10.0 Å². The molecule has 14 heavy (non-hydrogen) atoms. The number of fused-ring (bicyclic) bond motifs is 1. The monoisotopic (exact) mass is 219 g/mol. The molecule has 82 valence electrons. The van der Waals surface area contributed by atoms with Crippen LogP contribution in [-0.2, 0) is 10.0 Å². The minimum absolute atomic E-state index is 0.256. The lowest BCUT2D eigenvalue weighted by atomic mass is 10.0. The van der Waals surface area contributed by atoms with Gasteiger partial charge in [-0.3, -0.25) is 0 Å².